The van der Waals surface area contributed by atoms with E-state index in [2.05, 4.69) is 14.9 Å². The van der Waals surface area contributed by atoms with E-state index in [1.165, 1.54) is 0 Å². The molecule has 4 rings (SSSR count). The normalized spacial score (nSPS) is 15.3. The van der Waals surface area contributed by atoms with Gasteiger partial charge in [0.05, 0.1) is 11.0 Å². The van der Waals surface area contributed by atoms with Gasteiger partial charge in [0.15, 0.2) is 0 Å². The first-order valence-electron chi connectivity index (χ1n) is 10.8. The number of carbonyl (C=O) groups is 1. The van der Waals surface area contributed by atoms with Gasteiger partial charge < -0.3 is 19.4 Å². The number of amides is 1. The van der Waals surface area contributed by atoms with Crippen LogP contribution in [0, 0.1) is 0 Å². The zero-order valence-corrected chi connectivity index (χ0v) is 18.4. The molecule has 7 nitrogen and oxygen atoms in total. The summed E-state index contributed by atoms with van der Waals surface area (Å²) >= 11 is 0. The second-order valence-electron chi connectivity index (χ2n) is 8.78. The van der Waals surface area contributed by atoms with Crippen molar-refractivity contribution in [3.8, 4) is 17.1 Å². The summed E-state index contributed by atoms with van der Waals surface area (Å²) in [5.74, 6) is 1.70. The molecule has 1 aromatic heterocycles. The summed E-state index contributed by atoms with van der Waals surface area (Å²) in [5.41, 5.74) is 2.57. The minimum atomic E-state index is -0.456. The molecular formula is C24H30N4O3. The van der Waals surface area contributed by atoms with Gasteiger partial charge in [-0.25, -0.2) is 9.78 Å². The Morgan fingerprint density at radius 1 is 1.03 bits per heavy atom. The molecule has 0 bridgehead atoms. The Kier molecular flexibility index (Phi) is 6.13. The molecule has 1 N–H and O–H groups in total. The molecule has 3 aromatic rings. The van der Waals surface area contributed by atoms with E-state index in [4.69, 9.17) is 9.47 Å². The van der Waals surface area contributed by atoms with Gasteiger partial charge in [-0.3, -0.25) is 4.90 Å². The molecule has 164 valence electrons. The van der Waals surface area contributed by atoms with Gasteiger partial charge in [0.1, 0.15) is 23.8 Å². The Morgan fingerprint density at radius 2 is 1.74 bits per heavy atom. The lowest BCUT2D eigenvalue weighted by molar-refractivity contribution is 0.0137. The zero-order valence-electron chi connectivity index (χ0n) is 18.4. The van der Waals surface area contributed by atoms with Gasteiger partial charge in [-0.1, -0.05) is 12.1 Å². The highest BCUT2D eigenvalue weighted by Gasteiger charge is 2.25. The molecule has 2 aromatic carbocycles. The molecule has 1 aliphatic heterocycles. The van der Waals surface area contributed by atoms with Gasteiger partial charge in [-0.05, 0) is 57.2 Å². The van der Waals surface area contributed by atoms with Gasteiger partial charge in [0.2, 0.25) is 0 Å². The molecule has 2 heterocycles. The SMILES string of the molecule is CC(C)(C)OC(=O)N1CCN(CCOc2ccc(-c3nc4ccccc4[nH]3)cc2)CC1. The zero-order chi connectivity index (χ0) is 21.8. The number of fused-ring (bicyclic) bond motifs is 1. The number of hydrogen-bond donors (Lipinski definition) is 1. The summed E-state index contributed by atoms with van der Waals surface area (Å²) in [5, 5.41) is 0. The number of nitrogens with one attached hydrogen (secondary N) is 1. The van der Waals surface area contributed by atoms with Crippen molar-refractivity contribution in [2.45, 2.75) is 26.4 Å². The number of ether oxygens (including phenoxy) is 2. The van der Waals surface area contributed by atoms with E-state index in [1.54, 1.807) is 4.90 Å². The number of piperazine rings is 1. The standard InChI is InChI=1S/C24H30N4O3/c1-24(2,3)31-23(29)28-14-12-27(13-15-28)16-17-30-19-10-8-18(9-11-19)22-25-20-6-4-5-7-21(20)26-22/h4-11H,12-17H2,1-3H3,(H,25,26). The summed E-state index contributed by atoms with van der Waals surface area (Å²) in [4.78, 5) is 24.2. The third-order valence-electron chi connectivity index (χ3n) is 5.22. The number of carbonyl (C=O) groups excluding carboxylic acids is 1. The predicted molar refractivity (Wildman–Crippen MR) is 121 cm³/mol. The molecule has 31 heavy (non-hydrogen) atoms. The van der Waals surface area contributed by atoms with E-state index < -0.39 is 5.60 Å². The van der Waals surface area contributed by atoms with Crippen LogP contribution in [0.1, 0.15) is 20.8 Å². The van der Waals surface area contributed by atoms with Crippen molar-refractivity contribution in [3.63, 3.8) is 0 Å². The number of nitrogens with zero attached hydrogens (tertiary/aromatic N) is 3. The molecule has 0 unspecified atom stereocenters. The van der Waals surface area contributed by atoms with Crippen LogP contribution in [0.5, 0.6) is 5.75 Å². The van der Waals surface area contributed by atoms with Gasteiger partial charge in [-0.2, -0.15) is 0 Å². The molecule has 7 heteroatoms. The first kappa shape index (κ1) is 21.2. The van der Waals surface area contributed by atoms with E-state index in [0.29, 0.717) is 19.7 Å². The highest BCUT2D eigenvalue weighted by Crippen LogP contribution is 2.23. The smallest absolute Gasteiger partial charge is 0.410 e. The monoisotopic (exact) mass is 422 g/mol. The van der Waals surface area contributed by atoms with Crippen molar-refractivity contribution < 1.29 is 14.3 Å². The van der Waals surface area contributed by atoms with Crippen LogP contribution in [0.4, 0.5) is 4.79 Å². The number of benzene rings is 2. The van der Waals surface area contributed by atoms with Crippen LogP contribution in [-0.4, -0.2) is 70.8 Å². The Bertz CT molecular complexity index is 982. The number of hydrogen-bond acceptors (Lipinski definition) is 5. The number of aromatic nitrogens is 2. The third-order valence-corrected chi connectivity index (χ3v) is 5.22. The minimum absolute atomic E-state index is 0.229. The fourth-order valence-electron chi connectivity index (χ4n) is 3.57. The predicted octanol–water partition coefficient (Wildman–Crippen LogP) is 4.16. The highest BCUT2D eigenvalue weighted by molar-refractivity contribution is 5.79. The van der Waals surface area contributed by atoms with E-state index in [1.807, 2.05) is 69.3 Å². The number of imidazole rings is 1. The van der Waals surface area contributed by atoms with Crippen molar-refractivity contribution >= 4 is 17.1 Å². The second-order valence-corrected chi connectivity index (χ2v) is 8.78. The summed E-state index contributed by atoms with van der Waals surface area (Å²) in [6.07, 6.45) is -0.229. The second kappa shape index (κ2) is 8.98. The van der Waals surface area contributed by atoms with Crippen molar-refractivity contribution in [3.05, 3.63) is 48.5 Å². The van der Waals surface area contributed by atoms with Crippen LogP contribution in [0.2, 0.25) is 0 Å². The number of H-pyrrole nitrogens is 1. The summed E-state index contributed by atoms with van der Waals surface area (Å²) in [7, 11) is 0. The minimum Gasteiger partial charge on any atom is -0.492 e. The Balaban J connectivity index is 1.22. The summed E-state index contributed by atoms with van der Waals surface area (Å²) in [6, 6.07) is 16.0. The van der Waals surface area contributed by atoms with E-state index in [0.717, 1.165) is 47.8 Å². The van der Waals surface area contributed by atoms with E-state index >= 15 is 0 Å². The molecule has 0 radical (unpaired) electrons. The van der Waals surface area contributed by atoms with Crippen molar-refractivity contribution in [2.24, 2.45) is 0 Å². The summed E-state index contributed by atoms with van der Waals surface area (Å²) < 4.78 is 11.4. The first-order valence-corrected chi connectivity index (χ1v) is 10.8. The van der Waals surface area contributed by atoms with E-state index in [9.17, 15) is 4.79 Å². The lowest BCUT2D eigenvalue weighted by atomic mass is 10.2. The quantitative estimate of drug-likeness (QED) is 0.669. The van der Waals surface area contributed by atoms with Crippen LogP contribution in [0.3, 0.4) is 0 Å². The fourth-order valence-corrected chi connectivity index (χ4v) is 3.57. The number of para-hydroxylation sites is 2. The average Bonchev–Trinajstić information content (AvgIpc) is 3.18. The molecular weight excluding hydrogens is 392 g/mol. The highest BCUT2D eigenvalue weighted by atomic mass is 16.6. The van der Waals surface area contributed by atoms with Crippen LogP contribution in [0.25, 0.3) is 22.4 Å². The Labute approximate surface area is 183 Å². The summed E-state index contributed by atoms with van der Waals surface area (Å²) in [6.45, 7) is 10.1. The topological polar surface area (TPSA) is 70.7 Å². The fraction of sp³-hybridized carbons (Fsp3) is 0.417. The Hall–Kier alpha value is -3.06. The lowest BCUT2D eigenvalue weighted by Crippen LogP contribution is -2.50. The molecule has 0 atom stereocenters. The Morgan fingerprint density at radius 3 is 2.42 bits per heavy atom. The molecule has 1 saturated heterocycles. The van der Waals surface area contributed by atoms with Crippen LogP contribution < -0.4 is 4.74 Å². The third kappa shape index (κ3) is 5.55. The average molecular weight is 423 g/mol. The molecule has 0 spiro atoms. The first-order chi connectivity index (χ1) is 14.9. The molecule has 0 aliphatic carbocycles. The van der Waals surface area contributed by atoms with Crippen LogP contribution >= 0.6 is 0 Å². The maximum absolute atomic E-state index is 12.2. The van der Waals surface area contributed by atoms with Crippen LogP contribution in [-0.2, 0) is 4.74 Å². The van der Waals surface area contributed by atoms with Crippen LogP contribution in [0.15, 0.2) is 48.5 Å². The number of rotatable bonds is 5. The van der Waals surface area contributed by atoms with Gasteiger partial charge >= 0.3 is 6.09 Å². The largest absolute Gasteiger partial charge is 0.492 e. The van der Waals surface area contributed by atoms with Gasteiger partial charge in [0, 0.05) is 38.3 Å². The lowest BCUT2D eigenvalue weighted by Gasteiger charge is -2.35. The maximum atomic E-state index is 12.2. The molecule has 1 aliphatic rings. The molecule has 1 amide bonds. The number of aromatic amines is 1. The van der Waals surface area contributed by atoms with Crippen molar-refractivity contribution in [1.82, 2.24) is 19.8 Å². The maximum Gasteiger partial charge on any atom is 0.410 e. The van der Waals surface area contributed by atoms with E-state index in [-0.39, 0.29) is 6.09 Å². The molecule has 1 fully saturated rings. The van der Waals surface area contributed by atoms with Crippen molar-refractivity contribution in [1.29, 1.82) is 0 Å². The van der Waals surface area contributed by atoms with Gasteiger partial charge in [-0.15, -0.1) is 0 Å². The molecule has 0 saturated carbocycles. The van der Waals surface area contributed by atoms with Crippen molar-refractivity contribution in [2.75, 3.05) is 39.3 Å². The van der Waals surface area contributed by atoms with Gasteiger partial charge in [0.25, 0.3) is 0 Å².